The second-order valence-electron chi connectivity index (χ2n) is 8.45. The maximum atomic E-state index is 13.6. The molecule has 0 saturated heterocycles. The lowest BCUT2D eigenvalue weighted by Crippen LogP contribution is -2.52. The van der Waals surface area contributed by atoms with Crippen LogP contribution in [0.25, 0.3) is 5.78 Å². The van der Waals surface area contributed by atoms with E-state index in [1.54, 1.807) is 4.52 Å². The molecule has 2 aromatic heterocycles. The summed E-state index contributed by atoms with van der Waals surface area (Å²) in [7, 11) is 0. The van der Waals surface area contributed by atoms with Crippen LogP contribution in [0.1, 0.15) is 55.6 Å². The Morgan fingerprint density at radius 3 is 2.69 bits per heavy atom. The molecule has 152 valence electrons. The summed E-state index contributed by atoms with van der Waals surface area (Å²) in [6.45, 7) is 10.5. The molecule has 0 N–H and O–H groups in total. The highest BCUT2D eigenvalue weighted by molar-refractivity contribution is 7.98. The van der Waals surface area contributed by atoms with Crippen LogP contribution in [0.5, 0.6) is 0 Å². The van der Waals surface area contributed by atoms with E-state index in [9.17, 15) is 4.79 Å². The van der Waals surface area contributed by atoms with Crippen LogP contribution in [0.15, 0.2) is 29.4 Å². The molecule has 0 bridgehead atoms. The van der Waals surface area contributed by atoms with Crippen LogP contribution < -0.4 is 4.90 Å². The van der Waals surface area contributed by atoms with Gasteiger partial charge in [-0.3, -0.25) is 4.79 Å². The predicted octanol–water partition coefficient (Wildman–Crippen LogP) is 4.32. The summed E-state index contributed by atoms with van der Waals surface area (Å²) < 4.78 is 1.75. The third-order valence-electron chi connectivity index (χ3n) is 5.91. The van der Waals surface area contributed by atoms with Gasteiger partial charge in [0.05, 0.1) is 6.42 Å². The first-order valence-corrected chi connectivity index (χ1v) is 11.1. The van der Waals surface area contributed by atoms with E-state index >= 15 is 0 Å². The average Bonchev–Trinajstić information content (AvgIpc) is 3.07. The van der Waals surface area contributed by atoms with Gasteiger partial charge in [-0.25, -0.2) is 9.50 Å². The van der Waals surface area contributed by atoms with Crippen molar-refractivity contribution in [2.45, 2.75) is 64.1 Å². The molecule has 1 atom stereocenters. The zero-order chi connectivity index (χ0) is 20.9. The van der Waals surface area contributed by atoms with Gasteiger partial charge < -0.3 is 4.90 Å². The molecule has 7 heteroatoms. The molecule has 0 radical (unpaired) electrons. The number of nitrogens with zero attached hydrogens (tertiary/aromatic N) is 5. The van der Waals surface area contributed by atoms with Crippen molar-refractivity contribution in [1.29, 1.82) is 0 Å². The van der Waals surface area contributed by atoms with E-state index in [1.165, 1.54) is 17.3 Å². The molecule has 4 rings (SSSR count). The van der Waals surface area contributed by atoms with Crippen LogP contribution in [0, 0.1) is 13.8 Å². The molecule has 3 aromatic rings. The molecule has 1 aromatic carbocycles. The molecule has 1 aliphatic heterocycles. The van der Waals surface area contributed by atoms with Gasteiger partial charge in [0.15, 0.2) is 0 Å². The van der Waals surface area contributed by atoms with Gasteiger partial charge in [-0.2, -0.15) is 4.98 Å². The molecule has 1 amide bonds. The quantitative estimate of drug-likeness (QED) is 0.603. The fourth-order valence-electron chi connectivity index (χ4n) is 4.62. The standard InChI is InChI=1S/C22H27N5OS/c1-13-12-22(4,5)26(18-10-8-7-9-16(13)18)19(28)11-17-14(2)23-20-24-21(29-6)25-27(20)15(17)3/h7-10,13H,11-12H2,1-6H3. The normalized spacial score (nSPS) is 18.1. The van der Waals surface area contributed by atoms with E-state index in [0.717, 1.165) is 29.1 Å². The predicted molar refractivity (Wildman–Crippen MR) is 117 cm³/mol. The van der Waals surface area contributed by atoms with Gasteiger partial charge in [0, 0.05) is 28.2 Å². The number of amides is 1. The first-order valence-electron chi connectivity index (χ1n) is 9.91. The molecule has 0 spiro atoms. The van der Waals surface area contributed by atoms with Gasteiger partial charge in [-0.1, -0.05) is 36.9 Å². The van der Waals surface area contributed by atoms with E-state index in [1.807, 2.05) is 31.1 Å². The Morgan fingerprint density at radius 1 is 1.24 bits per heavy atom. The van der Waals surface area contributed by atoms with Gasteiger partial charge in [-0.05, 0) is 57.9 Å². The molecule has 0 saturated carbocycles. The van der Waals surface area contributed by atoms with Crippen LogP contribution in [0.4, 0.5) is 5.69 Å². The van der Waals surface area contributed by atoms with Crippen molar-refractivity contribution >= 4 is 29.1 Å². The number of carbonyl (C=O) groups is 1. The lowest BCUT2D eigenvalue weighted by molar-refractivity contribution is -0.119. The number of carbonyl (C=O) groups excluding carboxylic acids is 1. The number of thioether (sulfide) groups is 1. The van der Waals surface area contributed by atoms with Crippen LogP contribution in [-0.4, -0.2) is 37.3 Å². The largest absolute Gasteiger partial charge is 0.306 e. The molecule has 0 fully saturated rings. The summed E-state index contributed by atoms with van der Waals surface area (Å²) >= 11 is 1.49. The summed E-state index contributed by atoms with van der Waals surface area (Å²) in [6, 6.07) is 8.26. The number of benzene rings is 1. The van der Waals surface area contributed by atoms with Gasteiger partial charge in [-0.15, -0.1) is 5.10 Å². The zero-order valence-electron chi connectivity index (χ0n) is 17.9. The lowest BCUT2D eigenvalue weighted by atomic mass is 9.80. The van der Waals surface area contributed by atoms with Gasteiger partial charge in [0.1, 0.15) is 0 Å². The molecule has 1 unspecified atom stereocenters. The minimum Gasteiger partial charge on any atom is -0.306 e. The molecule has 6 nitrogen and oxygen atoms in total. The van der Waals surface area contributed by atoms with Crippen molar-refractivity contribution in [3.05, 3.63) is 46.8 Å². The van der Waals surface area contributed by atoms with Gasteiger partial charge in [0.25, 0.3) is 5.78 Å². The number of hydrogen-bond acceptors (Lipinski definition) is 5. The van der Waals surface area contributed by atoms with E-state index in [2.05, 4.69) is 54.0 Å². The number of rotatable bonds is 3. The number of anilines is 1. The van der Waals surface area contributed by atoms with Crippen molar-refractivity contribution in [3.8, 4) is 0 Å². The van der Waals surface area contributed by atoms with Crippen molar-refractivity contribution in [2.24, 2.45) is 0 Å². The van der Waals surface area contributed by atoms with E-state index in [-0.39, 0.29) is 11.4 Å². The van der Waals surface area contributed by atoms with Crippen molar-refractivity contribution in [1.82, 2.24) is 19.6 Å². The Bertz CT molecular complexity index is 1100. The molecule has 1 aliphatic rings. The number of aryl methyl sites for hydroxylation is 2. The Hall–Kier alpha value is -2.41. The highest BCUT2D eigenvalue weighted by Gasteiger charge is 2.39. The highest BCUT2D eigenvalue weighted by atomic mass is 32.2. The maximum absolute atomic E-state index is 13.6. The van der Waals surface area contributed by atoms with Crippen molar-refractivity contribution in [3.63, 3.8) is 0 Å². The number of para-hydroxylation sites is 1. The van der Waals surface area contributed by atoms with Crippen LogP contribution in [0.2, 0.25) is 0 Å². The SMILES string of the molecule is CSc1nc2nc(C)c(CC(=O)N3c4ccccc4C(C)CC3(C)C)c(C)n2n1. The van der Waals surface area contributed by atoms with Crippen LogP contribution >= 0.6 is 11.8 Å². The second-order valence-corrected chi connectivity index (χ2v) is 9.23. The first kappa shape index (κ1) is 19.9. The van der Waals surface area contributed by atoms with E-state index < -0.39 is 0 Å². The number of hydrogen-bond donors (Lipinski definition) is 0. The smallest absolute Gasteiger partial charge is 0.253 e. The highest BCUT2D eigenvalue weighted by Crippen LogP contribution is 2.43. The Labute approximate surface area is 175 Å². The Balaban J connectivity index is 1.75. The van der Waals surface area contributed by atoms with Gasteiger partial charge in [0.2, 0.25) is 11.1 Å². The Kier molecular flexibility index (Phi) is 4.89. The second kappa shape index (κ2) is 7.13. The molecule has 29 heavy (non-hydrogen) atoms. The third kappa shape index (κ3) is 3.31. The van der Waals surface area contributed by atoms with Gasteiger partial charge >= 0.3 is 0 Å². The molecular weight excluding hydrogens is 382 g/mol. The summed E-state index contributed by atoms with van der Waals surface area (Å²) in [5, 5.41) is 5.19. The average molecular weight is 410 g/mol. The topological polar surface area (TPSA) is 63.4 Å². The van der Waals surface area contributed by atoms with Crippen molar-refractivity contribution < 1.29 is 4.79 Å². The van der Waals surface area contributed by atoms with Crippen LogP contribution in [0.3, 0.4) is 0 Å². The molecule has 0 aliphatic carbocycles. The van der Waals surface area contributed by atoms with Crippen molar-refractivity contribution in [2.75, 3.05) is 11.2 Å². The lowest BCUT2D eigenvalue weighted by Gasteiger charge is -2.46. The summed E-state index contributed by atoms with van der Waals surface area (Å²) in [5.74, 6) is 1.09. The minimum absolute atomic E-state index is 0.0897. The Morgan fingerprint density at radius 2 is 1.97 bits per heavy atom. The zero-order valence-corrected chi connectivity index (χ0v) is 18.7. The van der Waals surface area contributed by atoms with E-state index in [4.69, 9.17) is 0 Å². The fraction of sp³-hybridized carbons (Fsp3) is 0.455. The summed E-state index contributed by atoms with van der Waals surface area (Å²) in [4.78, 5) is 24.6. The fourth-order valence-corrected chi connectivity index (χ4v) is 4.96. The summed E-state index contributed by atoms with van der Waals surface area (Å²) in [5.41, 5.74) is 4.69. The number of aromatic nitrogens is 4. The molecular formula is C22H27N5OS. The molecule has 3 heterocycles. The third-order valence-corrected chi connectivity index (χ3v) is 6.45. The van der Waals surface area contributed by atoms with Crippen LogP contribution in [-0.2, 0) is 11.2 Å². The maximum Gasteiger partial charge on any atom is 0.253 e. The summed E-state index contributed by atoms with van der Waals surface area (Å²) in [6.07, 6.45) is 3.17. The van der Waals surface area contributed by atoms with E-state index in [0.29, 0.717) is 23.3 Å². The number of fused-ring (bicyclic) bond motifs is 2. The first-order chi connectivity index (χ1) is 13.7. The minimum atomic E-state index is -0.247. The monoisotopic (exact) mass is 409 g/mol.